The van der Waals surface area contributed by atoms with Crippen LogP contribution in [0.15, 0.2) is 71.6 Å². The third-order valence-electron chi connectivity index (χ3n) is 3.66. The lowest BCUT2D eigenvalue weighted by Crippen LogP contribution is -2.41. The maximum absolute atomic E-state index is 12.4. The second-order valence-electron chi connectivity index (χ2n) is 5.30. The van der Waals surface area contributed by atoms with Gasteiger partial charge in [0, 0.05) is 5.56 Å². The number of ether oxygens (including phenoxy) is 1. The highest BCUT2D eigenvalue weighted by molar-refractivity contribution is 7.89. The van der Waals surface area contributed by atoms with E-state index in [0.717, 1.165) is 10.8 Å². The molecule has 3 aromatic carbocycles. The molecular formula is C18H16N2O4S. The fourth-order valence-corrected chi connectivity index (χ4v) is 3.22. The Morgan fingerprint density at radius 3 is 2.44 bits per heavy atom. The van der Waals surface area contributed by atoms with Gasteiger partial charge in [0.25, 0.3) is 15.9 Å². The van der Waals surface area contributed by atoms with Crippen LogP contribution in [0.1, 0.15) is 10.4 Å². The smallest absolute Gasteiger partial charge is 0.266 e. The number of hydrazine groups is 1. The van der Waals surface area contributed by atoms with E-state index in [9.17, 15) is 13.2 Å². The molecule has 0 bridgehead atoms. The fraction of sp³-hybridized carbons (Fsp3) is 0.0556. The third-order valence-corrected chi connectivity index (χ3v) is 4.91. The molecule has 0 aromatic heterocycles. The summed E-state index contributed by atoms with van der Waals surface area (Å²) in [6.07, 6.45) is 0. The topological polar surface area (TPSA) is 84.5 Å². The normalized spacial score (nSPS) is 11.2. The summed E-state index contributed by atoms with van der Waals surface area (Å²) in [4.78, 5) is 14.3. The van der Waals surface area contributed by atoms with Gasteiger partial charge in [-0.1, -0.05) is 36.4 Å². The minimum absolute atomic E-state index is 0.0668. The van der Waals surface area contributed by atoms with Crippen molar-refractivity contribution in [1.82, 2.24) is 10.3 Å². The van der Waals surface area contributed by atoms with E-state index in [1.54, 1.807) is 30.3 Å². The van der Waals surface area contributed by atoms with Crippen molar-refractivity contribution in [2.75, 3.05) is 7.11 Å². The van der Waals surface area contributed by atoms with E-state index in [2.05, 4.69) is 10.3 Å². The highest BCUT2D eigenvalue weighted by Gasteiger charge is 2.16. The lowest BCUT2D eigenvalue weighted by atomic mass is 10.1. The number of amides is 1. The summed E-state index contributed by atoms with van der Waals surface area (Å²) in [7, 11) is -2.40. The van der Waals surface area contributed by atoms with Gasteiger partial charge in [0.15, 0.2) is 0 Å². The Hall–Kier alpha value is -2.90. The lowest BCUT2D eigenvalue weighted by molar-refractivity contribution is 0.0945. The largest absolute Gasteiger partial charge is 0.497 e. The molecule has 0 heterocycles. The number of sulfonamides is 1. The first-order valence-electron chi connectivity index (χ1n) is 7.44. The fourth-order valence-electron chi connectivity index (χ4n) is 2.34. The summed E-state index contributed by atoms with van der Waals surface area (Å²) in [6.45, 7) is 0. The van der Waals surface area contributed by atoms with Crippen LogP contribution in [0.2, 0.25) is 0 Å². The average Bonchev–Trinajstić information content (AvgIpc) is 2.65. The molecule has 0 aliphatic heterocycles. The van der Waals surface area contributed by atoms with Crippen LogP contribution < -0.4 is 15.0 Å². The maximum Gasteiger partial charge on any atom is 0.266 e. The molecule has 7 heteroatoms. The van der Waals surface area contributed by atoms with Crippen molar-refractivity contribution in [3.8, 4) is 5.75 Å². The van der Waals surface area contributed by atoms with Crippen LogP contribution in [0.5, 0.6) is 5.75 Å². The van der Waals surface area contributed by atoms with Gasteiger partial charge in [-0.15, -0.1) is 4.83 Å². The summed E-state index contributed by atoms with van der Waals surface area (Å²) in [6, 6.07) is 18.6. The minimum Gasteiger partial charge on any atom is -0.497 e. The number of hydrogen-bond acceptors (Lipinski definition) is 4. The summed E-state index contributed by atoms with van der Waals surface area (Å²) in [5.74, 6) is -0.0756. The molecule has 0 atom stereocenters. The zero-order chi connectivity index (χ0) is 17.9. The van der Waals surface area contributed by atoms with Gasteiger partial charge < -0.3 is 4.74 Å². The first-order chi connectivity index (χ1) is 12.0. The number of nitrogens with one attached hydrogen (secondary N) is 2. The van der Waals surface area contributed by atoms with Gasteiger partial charge in [0.05, 0.1) is 12.0 Å². The molecule has 0 fully saturated rings. The summed E-state index contributed by atoms with van der Waals surface area (Å²) in [5, 5.41) is 1.73. The third kappa shape index (κ3) is 3.78. The number of methoxy groups -OCH3 is 1. The highest BCUT2D eigenvalue weighted by atomic mass is 32.2. The molecule has 3 rings (SSSR count). The Kier molecular flexibility index (Phi) is 4.69. The lowest BCUT2D eigenvalue weighted by Gasteiger charge is -2.10. The van der Waals surface area contributed by atoms with Crippen molar-refractivity contribution >= 4 is 26.7 Å². The number of benzene rings is 3. The quantitative estimate of drug-likeness (QED) is 0.688. The van der Waals surface area contributed by atoms with Gasteiger partial charge in [-0.2, -0.15) is 0 Å². The van der Waals surface area contributed by atoms with Crippen LogP contribution >= 0.6 is 0 Å². The van der Waals surface area contributed by atoms with Gasteiger partial charge >= 0.3 is 0 Å². The standard InChI is InChI=1S/C18H16N2O4S/c1-24-16-8-4-7-15(11-16)18(21)19-20-25(22,23)17-10-9-13-5-2-3-6-14(13)12-17/h2-12,20H,1H3,(H,19,21). The van der Waals surface area contributed by atoms with Crippen LogP contribution in [-0.2, 0) is 10.0 Å². The van der Waals surface area contributed by atoms with Gasteiger partial charge in [-0.05, 0) is 41.1 Å². The molecule has 0 radical (unpaired) electrons. The molecule has 0 aliphatic carbocycles. The maximum atomic E-state index is 12.4. The van der Waals surface area contributed by atoms with Gasteiger partial charge in [-0.3, -0.25) is 10.2 Å². The Bertz CT molecular complexity index is 1030. The molecule has 0 saturated heterocycles. The molecule has 0 unspecified atom stereocenters. The van der Waals surface area contributed by atoms with E-state index >= 15 is 0 Å². The van der Waals surface area contributed by atoms with Crippen LogP contribution in [0.25, 0.3) is 10.8 Å². The van der Waals surface area contributed by atoms with Crippen molar-refractivity contribution < 1.29 is 17.9 Å². The highest BCUT2D eigenvalue weighted by Crippen LogP contribution is 2.18. The molecule has 0 aliphatic rings. The molecule has 0 spiro atoms. The number of hydrogen-bond donors (Lipinski definition) is 2. The second kappa shape index (κ2) is 6.92. The van der Waals surface area contributed by atoms with Gasteiger partial charge in [0.1, 0.15) is 5.75 Å². The number of carbonyl (C=O) groups is 1. The molecule has 25 heavy (non-hydrogen) atoms. The predicted octanol–water partition coefficient (Wildman–Crippen LogP) is 2.47. The van der Waals surface area contributed by atoms with E-state index < -0.39 is 15.9 Å². The van der Waals surface area contributed by atoms with Crippen molar-refractivity contribution in [2.24, 2.45) is 0 Å². The monoisotopic (exact) mass is 356 g/mol. The van der Waals surface area contributed by atoms with Crippen LogP contribution in [0.3, 0.4) is 0 Å². The number of carbonyl (C=O) groups excluding carboxylic acids is 1. The van der Waals surface area contributed by atoms with Crippen LogP contribution in [0, 0.1) is 0 Å². The average molecular weight is 356 g/mol. The predicted molar refractivity (Wildman–Crippen MR) is 94.7 cm³/mol. The number of rotatable bonds is 5. The zero-order valence-corrected chi connectivity index (χ0v) is 14.2. The van der Waals surface area contributed by atoms with E-state index in [-0.39, 0.29) is 10.5 Å². The summed E-state index contributed by atoms with van der Waals surface area (Å²) < 4.78 is 29.8. The molecule has 128 valence electrons. The van der Waals surface area contributed by atoms with E-state index in [1.165, 1.54) is 19.2 Å². The first kappa shape index (κ1) is 16.9. The Morgan fingerprint density at radius 2 is 1.68 bits per heavy atom. The first-order valence-corrected chi connectivity index (χ1v) is 8.93. The van der Waals surface area contributed by atoms with E-state index in [0.29, 0.717) is 5.75 Å². The Morgan fingerprint density at radius 1 is 0.920 bits per heavy atom. The van der Waals surface area contributed by atoms with E-state index in [1.807, 2.05) is 24.3 Å². The SMILES string of the molecule is COc1cccc(C(=O)NNS(=O)(=O)c2ccc3ccccc3c2)c1. The molecule has 0 saturated carbocycles. The van der Waals surface area contributed by atoms with Crippen molar-refractivity contribution in [3.05, 3.63) is 72.3 Å². The van der Waals surface area contributed by atoms with Crippen molar-refractivity contribution in [2.45, 2.75) is 4.90 Å². The van der Waals surface area contributed by atoms with Crippen molar-refractivity contribution in [3.63, 3.8) is 0 Å². The molecular weight excluding hydrogens is 340 g/mol. The molecule has 3 aromatic rings. The van der Waals surface area contributed by atoms with Gasteiger partial charge in [0.2, 0.25) is 0 Å². The van der Waals surface area contributed by atoms with Crippen LogP contribution in [-0.4, -0.2) is 21.4 Å². The summed E-state index contributed by atoms with van der Waals surface area (Å²) in [5.41, 5.74) is 2.48. The zero-order valence-electron chi connectivity index (χ0n) is 13.4. The van der Waals surface area contributed by atoms with Crippen molar-refractivity contribution in [1.29, 1.82) is 0 Å². The minimum atomic E-state index is -3.88. The Balaban J connectivity index is 1.77. The Labute approximate surface area is 145 Å². The van der Waals surface area contributed by atoms with E-state index in [4.69, 9.17) is 4.74 Å². The molecule has 2 N–H and O–H groups in total. The molecule has 1 amide bonds. The second-order valence-corrected chi connectivity index (χ2v) is 6.98. The number of fused-ring (bicyclic) bond motifs is 1. The van der Waals surface area contributed by atoms with Crippen LogP contribution in [0.4, 0.5) is 0 Å². The molecule has 6 nitrogen and oxygen atoms in total. The summed E-state index contributed by atoms with van der Waals surface area (Å²) >= 11 is 0. The van der Waals surface area contributed by atoms with Gasteiger partial charge in [-0.25, -0.2) is 8.42 Å².